The average molecular weight is 578 g/mol. The molecule has 2 amide bonds. The van der Waals surface area contributed by atoms with Crippen LogP contribution in [0.25, 0.3) is 6.08 Å². The highest BCUT2D eigenvalue weighted by Gasteiger charge is 2.35. The smallest absolute Gasteiger partial charge is 0.293 e. The van der Waals surface area contributed by atoms with Gasteiger partial charge in [-0.25, -0.2) is 4.39 Å². The van der Waals surface area contributed by atoms with Crippen molar-refractivity contribution < 1.29 is 23.6 Å². The molecule has 1 fully saturated rings. The number of nitrogens with zero attached hydrogens (tertiary/aromatic N) is 2. The van der Waals surface area contributed by atoms with Crippen molar-refractivity contribution in [3.05, 3.63) is 108 Å². The summed E-state index contributed by atoms with van der Waals surface area (Å²) < 4.78 is 19.9. The Morgan fingerprint density at radius 1 is 1.11 bits per heavy atom. The van der Waals surface area contributed by atoms with Crippen LogP contribution < -0.4 is 4.74 Å². The van der Waals surface area contributed by atoms with Crippen LogP contribution in [0.2, 0.25) is 5.02 Å². The number of hydrogen-bond donors (Lipinski definition) is 0. The molecule has 0 aliphatic carbocycles. The van der Waals surface area contributed by atoms with Gasteiger partial charge in [0, 0.05) is 21.1 Å². The minimum atomic E-state index is -0.523. The maximum Gasteiger partial charge on any atom is 0.293 e. The third kappa shape index (κ3) is 5.72. The van der Waals surface area contributed by atoms with Crippen molar-refractivity contribution in [1.82, 2.24) is 4.90 Å². The fourth-order valence-corrected chi connectivity index (χ4v) is 4.76. The summed E-state index contributed by atoms with van der Waals surface area (Å²) in [6.45, 7) is -0.162. The largest absolute Gasteiger partial charge is 0.488 e. The van der Waals surface area contributed by atoms with Gasteiger partial charge >= 0.3 is 0 Å². The first-order valence-corrected chi connectivity index (χ1v) is 12.1. The van der Waals surface area contributed by atoms with Crippen LogP contribution in [0.5, 0.6) is 5.75 Å². The average Bonchev–Trinajstić information content (AvgIpc) is 3.07. The number of hydrogen-bond acceptors (Lipinski definition) is 6. The Morgan fingerprint density at radius 2 is 1.89 bits per heavy atom. The number of carbonyl (C=O) groups is 2. The van der Waals surface area contributed by atoms with E-state index in [0.29, 0.717) is 26.9 Å². The molecule has 3 aromatic carbocycles. The third-order valence-electron chi connectivity index (χ3n) is 5.05. The molecule has 0 atom stereocenters. The zero-order chi connectivity index (χ0) is 25.1. The van der Waals surface area contributed by atoms with Gasteiger partial charge in [-0.2, -0.15) is 0 Å². The molecule has 1 heterocycles. The van der Waals surface area contributed by atoms with Crippen LogP contribution in [-0.4, -0.2) is 21.0 Å². The maximum absolute atomic E-state index is 13.3. The second-order valence-electron chi connectivity index (χ2n) is 7.36. The Hall–Kier alpha value is -3.21. The van der Waals surface area contributed by atoms with Crippen molar-refractivity contribution in [3.8, 4) is 5.75 Å². The lowest BCUT2D eigenvalue weighted by Gasteiger charge is -2.13. The first-order valence-electron chi connectivity index (χ1n) is 10.1. The summed E-state index contributed by atoms with van der Waals surface area (Å²) >= 11 is 10.2. The molecule has 1 aliphatic heterocycles. The number of ether oxygens (including phenoxy) is 1. The lowest BCUT2D eigenvalue weighted by molar-refractivity contribution is -0.385. The van der Waals surface area contributed by atoms with E-state index in [2.05, 4.69) is 15.9 Å². The summed E-state index contributed by atoms with van der Waals surface area (Å²) in [6, 6.07) is 15.1. The van der Waals surface area contributed by atoms with Gasteiger partial charge in [-0.15, -0.1) is 0 Å². The predicted molar refractivity (Wildman–Crippen MR) is 134 cm³/mol. The van der Waals surface area contributed by atoms with Crippen LogP contribution in [0.15, 0.2) is 70.0 Å². The standard InChI is InChI=1S/C24H15BrClFN2O5S/c25-17-6-8-21(34-13-15-3-1-2-4-20(15)29(32)33)16(9-17)10-22-23(30)28(24(31)35-22)12-14-5-7-18(27)11-19(14)26/h1-11H,12-13H2/b22-10-. The Bertz CT molecular complexity index is 1380. The van der Waals surface area contributed by atoms with E-state index < -0.39 is 21.9 Å². The van der Waals surface area contributed by atoms with Gasteiger partial charge in [-0.05, 0) is 59.8 Å². The van der Waals surface area contributed by atoms with E-state index in [0.717, 1.165) is 22.7 Å². The number of carbonyl (C=O) groups excluding carboxylic acids is 2. The molecule has 0 bridgehead atoms. The quantitative estimate of drug-likeness (QED) is 0.171. The van der Waals surface area contributed by atoms with Gasteiger partial charge in [0.2, 0.25) is 0 Å². The SMILES string of the molecule is O=C1S/C(=C\c2cc(Br)ccc2OCc2ccccc2[N+](=O)[O-])C(=O)N1Cc1ccc(F)cc1Cl. The van der Waals surface area contributed by atoms with Gasteiger partial charge in [0.1, 0.15) is 18.2 Å². The van der Waals surface area contributed by atoms with Gasteiger partial charge in [0.05, 0.1) is 21.9 Å². The van der Waals surface area contributed by atoms with Crippen molar-refractivity contribution in [3.63, 3.8) is 0 Å². The summed E-state index contributed by atoms with van der Waals surface area (Å²) in [4.78, 5) is 37.5. The molecular weight excluding hydrogens is 563 g/mol. The molecule has 7 nitrogen and oxygen atoms in total. The Morgan fingerprint density at radius 3 is 2.63 bits per heavy atom. The number of amides is 2. The van der Waals surface area contributed by atoms with E-state index in [1.165, 1.54) is 24.3 Å². The number of thioether (sulfide) groups is 1. The second-order valence-corrected chi connectivity index (χ2v) is 9.68. The van der Waals surface area contributed by atoms with E-state index in [9.17, 15) is 24.1 Å². The van der Waals surface area contributed by atoms with Crippen LogP contribution in [-0.2, 0) is 17.9 Å². The summed E-state index contributed by atoms with van der Waals surface area (Å²) in [6.07, 6.45) is 1.52. The van der Waals surface area contributed by atoms with E-state index in [1.54, 1.807) is 36.4 Å². The predicted octanol–water partition coefficient (Wildman–Crippen LogP) is 6.97. The Labute approximate surface area is 216 Å². The highest BCUT2D eigenvalue weighted by molar-refractivity contribution is 9.10. The molecule has 11 heteroatoms. The first-order chi connectivity index (χ1) is 16.7. The number of nitro benzene ring substituents is 1. The number of para-hydroxylation sites is 1. The minimum absolute atomic E-state index is 0.0632. The van der Waals surface area contributed by atoms with Crippen LogP contribution >= 0.6 is 39.3 Å². The topological polar surface area (TPSA) is 89.7 Å². The fourth-order valence-electron chi connectivity index (χ4n) is 3.33. The summed E-state index contributed by atoms with van der Waals surface area (Å²) in [5, 5.41) is 10.9. The molecule has 178 valence electrons. The zero-order valence-corrected chi connectivity index (χ0v) is 20.9. The van der Waals surface area contributed by atoms with E-state index in [4.69, 9.17) is 16.3 Å². The highest BCUT2D eigenvalue weighted by Crippen LogP contribution is 2.36. The molecule has 35 heavy (non-hydrogen) atoms. The van der Waals surface area contributed by atoms with Gasteiger partial charge in [0.15, 0.2) is 0 Å². The molecular formula is C24H15BrClFN2O5S. The molecule has 3 aromatic rings. The van der Waals surface area contributed by atoms with Crippen LogP contribution in [0.3, 0.4) is 0 Å². The summed E-state index contributed by atoms with van der Waals surface area (Å²) in [5.74, 6) is -0.666. The summed E-state index contributed by atoms with van der Waals surface area (Å²) in [7, 11) is 0. The maximum atomic E-state index is 13.3. The number of benzene rings is 3. The van der Waals surface area contributed by atoms with Crippen LogP contribution in [0, 0.1) is 15.9 Å². The first kappa shape index (κ1) is 24.9. The lowest BCUT2D eigenvalue weighted by Crippen LogP contribution is -2.27. The van der Waals surface area contributed by atoms with Gasteiger partial charge in [0.25, 0.3) is 16.8 Å². The number of halogens is 3. The molecule has 1 saturated heterocycles. The van der Waals surface area contributed by atoms with Crippen molar-refractivity contribution in [2.24, 2.45) is 0 Å². The van der Waals surface area contributed by atoms with Crippen LogP contribution in [0.4, 0.5) is 14.9 Å². The van der Waals surface area contributed by atoms with Gasteiger partial charge in [-0.1, -0.05) is 45.7 Å². The van der Waals surface area contributed by atoms with Gasteiger partial charge < -0.3 is 4.74 Å². The minimum Gasteiger partial charge on any atom is -0.488 e. The van der Waals surface area contributed by atoms with E-state index >= 15 is 0 Å². The third-order valence-corrected chi connectivity index (χ3v) is 6.80. The second kappa shape index (κ2) is 10.6. The van der Waals surface area contributed by atoms with Crippen molar-refractivity contribution >= 4 is 62.2 Å². The Balaban J connectivity index is 1.57. The van der Waals surface area contributed by atoms with E-state index in [1.807, 2.05) is 0 Å². The zero-order valence-electron chi connectivity index (χ0n) is 17.7. The number of nitro groups is 1. The molecule has 4 rings (SSSR count). The van der Waals surface area contributed by atoms with Crippen LogP contribution in [0.1, 0.15) is 16.7 Å². The van der Waals surface area contributed by atoms with E-state index in [-0.39, 0.29) is 28.8 Å². The number of imide groups is 1. The molecule has 0 N–H and O–H groups in total. The molecule has 1 aliphatic rings. The van der Waals surface area contributed by atoms with Gasteiger partial charge in [-0.3, -0.25) is 24.6 Å². The number of rotatable bonds is 7. The molecule has 0 radical (unpaired) electrons. The van der Waals surface area contributed by atoms with Crippen molar-refractivity contribution in [1.29, 1.82) is 0 Å². The molecule has 0 saturated carbocycles. The van der Waals surface area contributed by atoms with Crippen molar-refractivity contribution in [2.45, 2.75) is 13.2 Å². The highest BCUT2D eigenvalue weighted by atomic mass is 79.9. The lowest BCUT2D eigenvalue weighted by atomic mass is 10.1. The summed E-state index contributed by atoms with van der Waals surface area (Å²) in [5.41, 5.74) is 1.27. The van der Waals surface area contributed by atoms with Crippen molar-refractivity contribution in [2.75, 3.05) is 0 Å². The molecule has 0 unspecified atom stereocenters. The Kier molecular flexibility index (Phi) is 7.54. The fraction of sp³-hybridized carbons (Fsp3) is 0.0833. The molecule has 0 aromatic heterocycles. The normalized spacial score (nSPS) is 14.6. The monoisotopic (exact) mass is 576 g/mol. The molecule has 0 spiro atoms.